The van der Waals surface area contributed by atoms with Gasteiger partial charge in [0.05, 0.1) is 13.7 Å². The van der Waals surface area contributed by atoms with E-state index in [-0.39, 0.29) is 24.0 Å². The van der Waals surface area contributed by atoms with E-state index in [2.05, 4.69) is 32.7 Å². The van der Waals surface area contributed by atoms with Gasteiger partial charge < -0.3 is 19.9 Å². The molecular formula is C17H26ClIN6O. The lowest BCUT2D eigenvalue weighted by Gasteiger charge is -2.13. The van der Waals surface area contributed by atoms with Gasteiger partial charge >= 0.3 is 0 Å². The number of ether oxygens (including phenoxy) is 1. The number of guanidine groups is 1. The van der Waals surface area contributed by atoms with Crippen molar-refractivity contribution in [1.29, 1.82) is 0 Å². The van der Waals surface area contributed by atoms with Crippen LogP contribution >= 0.6 is 35.6 Å². The third kappa shape index (κ3) is 6.64. The number of benzene rings is 1. The molecule has 0 unspecified atom stereocenters. The van der Waals surface area contributed by atoms with Crippen LogP contribution in [0.1, 0.15) is 25.2 Å². The molecule has 0 atom stereocenters. The van der Waals surface area contributed by atoms with Crippen molar-refractivity contribution < 1.29 is 4.74 Å². The lowest BCUT2D eigenvalue weighted by atomic mass is 10.2. The largest absolute Gasteiger partial charge is 0.496 e. The van der Waals surface area contributed by atoms with Gasteiger partial charge in [-0.05, 0) is 19.1 Å². The second-order valence-corrected chi connectivity index (χ2v) is 5.81. The fourth-order valence-corrected chi connectivity index (χ4v) is 2.55. The minimum atomic E-state index is 0. The minimum Gasteiger partial charge on any atom is -0.496 e. The molecule has 0 fully saturated rings. The predicted molar refractivity (Wildman–Crippen MR) is 116 cm³/mol. The van der Waals surface area contributed by atoms with Gasteiger partial charge in [0.25, 0.3) is 0 Å². The fraction of sp³-hybridized carbons (Fsp3) is 0.471. The van der Waals surface area contributed by atoms with Gasteiger partial charge in [0.1, 0.15) is 17.9 Å². The molecule has 0 radical (unpaired) electrons. The van der Waals surface area contributed by atoms with Crippen LogP contribution in [0.5, 0.6) is 5.75 Å². The first-order chi connectivity index (χ1) is 12.2. The summed E-state index contributed by atoms with van der Waals surface area (Å²) in [6, 6.07) is 5.57. The van der Waals surface area contributed by atoms with Crippen molar-refractivity contribution in [2.45, 2.75) is 33.4 Å². The maximum Gasteiger partial charge on any atom is 0.191 e. The second kappa shape index (κ2) is 11.9. The van der Waals surface area contributed by atoms with Crippen LogP contribution in [0, 0.1) is 0 Å². The van der Waals surface area contributed by atoms with Crippen LogP contribution in [-0.2, 0) is 19.5 Å². The van der Waals surface area contributed by atoms with Crippen LogP contribution in [0.3, 0.4) is 0 Å². The Morgan fingerprint density at radius 1 is 1.31 bits per heavy atom. The molecule has 0 aliphatic heterocycles. The number of aryl methyl sites for hydroxylation is 1. The molecule has 2 N–H and O–H groups in total. The number of halogens is 2. The van der Waals surface area contributed by atoms with E-state index in [1.165, 1.54) is 0 Å². The molecular weight excluding hydrogens is 467 g/mol. The highest BCUT2D eigenvalue weighted by molar-refractivity contribution is 14.0. The van der Waals surface area contributed by atoms with Gasteiger partial charge in [-0.2, -0.15) is 0 Å². The number of methoxy groups -OCH3 is 1. The van der Waals surface area contributed by atoms with Crippen molar-refractivity contribution >= 4 is 41.5 Å². The summed E-state index contributed by atoms with van der Waals surface area (Å²) in [5.41, 5.74) is 0.983. The van der Waals surface area contributed by atoms with Gasteiger partial charge in [0.2, 0.25) is 0 Å². The maximum atomic E-state index is 6.00. The topological polar surface area (TPSA) is 76.4 Å². The van der Waals surface area contributed by atoms with Crippen LogP contribution in [-0.4, -0.2) is 40.9 Å². The highest BCUT2D eigenvalue weighted by Gasteiger charge is 2.05. The molecule has 9 heteroatoms. The highest BCUT2D eigenvalue weighted by Crippen LogP contribution is 2.23. The van der Waals surface area contributed by atoms with Crippen LogP contribution in [0.25, 0.3) is 0 Å². The Kier molecular flexibility index (Phi) is 10.3. The summed E-state index contributed by atoms with van der Waals surface area (Å²) < 4.78 is 7.40. The number of aromatic nitrogens is 3. The number of rotatable bonds is 8. The third-order valence-corrected chi connectivity index (χ3v) is 3.89. The predicted octanol–water partition coefficient (Wildman–Crippen LogP) is 2.88. The molecule has 1 aromatic carbocycles. The summed E-state index contributed by atoms with van der Waals surface area (Å²) in [6.45, 7) is 6.91. The lowest BCUT2D eigenvalue weighted by molar-refractivity contribution is 0.410. The maximum absolute atomic E-state index is 6.00. The van der Waals surface area contributed by atoms with Crippen molar-refractivity contribution in [3.8, 4) is 5.75 Å². The van der Waals surface area contributed by atoms with Gasteiger partial charge in [-0.1, -0.05) is 24.6 Å². The zero-order valence-corrected chi connectivity index (χ0v) is 18.4. The van der Waals surface area contributed by atoms with E-state index in [0.29, 0.717) is 11.6 Å². The Balaban J connectivity index is 0.00000338. The van der Waals surface area contributed by atoms with E-state index in [1.54, 1.807) is 19.5 Å². The Morgan fingerprint density at radius 2 is 2.12 bits per heavy atom. The van der Waals surface area contributed by atoms with Gasteiger partial charge in [-0.3, -0.25) is 0 Å². The summed E-state index contributed by atoms with van der Waals surface area (Å²) >= 11 is 6.00. The Hall–Kier alpha value is -1.55. The standard InChI is InChI=1S/C17H25ClN6O.HI/c1-4-16-23-22-12-24(16)9-8-20-17(19-5-2)21-11-13-6-7-14(18)10-15(13)25-3;/h6-7,10,12H,4-5,8-9,11H2,1-3H3,(H2,19,20,21);1H. The van der Waals surface area contributed by atoms with Crippen molar-refractivity contribution in [2.75, 3.05) is 20.2 Å². The van der Waals surface area contributed by atoms with Gasteiger partial charge in [-0.15, -0.1) is 34.2 Å². The fourth-order valence-electron chi connectivity index (χ4n) is 2.39. The average molecular weight is 493 g/mol. The summed E-state index contributed by atoms with van der Waals surface area (Å²) in [5, 5.41) is 15.2. The molecule has 0 aliphatic rings. The lowest BCUT2D eigenvalue weighted by Crippen LogP contribution is -2.38. The number of nitrogens with zero attached hydrogens (tertiary/aromatic N) is 4. The summed E-state index contributed by atoms with van der Waals surface area (Å²) in [5.74, 6) is 2.48. The van der Waals surface area contributed by atoms with Gasteiger partial charge in [0.15, 0.2) is 5.96 Å². The molecule has 26 heavy (non-hydrogen) atoms. The third-order valence-electron chi connectivity index (χ3n) is 3.66. The SMILES string of the molecule is CCNC(=NCc1ccc(Cl)cc1OC)NCCn1cnnc1CC.I. The van der Waals surface area contributed by atoms with Crippen LogP contribution in [0.2, 0.25) is 5.02 Å². The normalized spacial score (nSPS) is 11.0. The van der Waals surface area contributed by atoms with Crippen LogP contribution in [0.15, 0.2) is 29.5 Å². The molecule has 1 heterocycles. The molecule has 2 aromatic rings. The summed E-state index contributed by atoms with van der Waals surface area (Å²) in [7, 11) is 1.63. The number of hydrogen-bond acceptors (Lipinski definition) is 4. The number of aliphatic imine (C=N–C) groups is 1. The summed E-state index contributed by atoms with van der Waals surface area (Å²) in [6.07, 6.45) is 2.62. The average Bonchev–Trinajstić information content (AvgIpc) is 3.07. The van der Waals surface area contributed by atoms with E-state index in [0.717, 1.165) is 49.2 Å². The van der Waals surface area contributed by atoms with Crippen LogP contribution < -0.4 is 15.4 Å². The Morgan fingerprint density at radius 3 is 2.81 bits per heavy atom. The molecule has 2 rings (SSSR count). The Labute approximate surface area is 176 Å². The van der Waals surface area contributed by atoms with Gasteiger partial charge in [0, 0.05) is 36.6 Å². The van der Waals surface area contributed by atoms with Crippen molar-refractivity contribution in [3.05, 3.63) is 40.9 Å². The minimum absolute atomic E-state index is 0. The van der Waals surface area contributed by atoms with Gasteiger partial charge in [-0.25, -0.2) is 4.99 Å². The zero-order valence-electron chi connectivity index (χ0n) is 15.3. The number of nitrogens with one attached hydrogen (secondary N) is 2. The van der Waals surface area contributed by atoms with Crippen LogP contribution in [0.4, 0.5) is 0 Å². The molecule has 0 aliphatic carbocycles. The monoisotopic (exact) mass is 492 g/mol. The van der Waals surface area contributed by atoms with E-state index < -0.39 is 0 Å². The molecule has 0 saturated heterocycles. The van der Waals surface area contributed by atoms with E-state index in [4.69, 9.17) is 16.3 Å². The zero-order chi connectivity index (χ0) is 18.1. The first kappa shape index (κ1) is 22.5. The molecule has 0 saturated carbocycles. The molecule has 0 bridgehead atoms. The van der Waals surface area contributed by atoms with Crippen molar-refractivity contribution in [1.82, 2.24) is 25.4 Å². The quantitative estimate of drug-likeness (QED) is 0.337. The molecule has 7 nitrogen and oxygen atoms in total. The Bertz CT molecular complexity index is 706. The van der Waals surface area contributed by atoms with Crippen molar-refractivity contribution in [3.63, 3.8) is 0 Å². The summed E-state index contributed by atoms with van der Waals surface area (Å²) in [4.78, 5) is 4.61. The molecule has 144 valence electrons. The van der Waals surface area contributed by atoms with E-state index >= 15 is 0 Å². The first-order valence-corrected chi connectivity index (χ1v) is 8.77. The highest BCUT2D eigenvalue weighted by atomic mass is 127. The second-order valence-electron chi connectivity index (χ2n) is 5.37. The molecule has 0 spiro atoms. The molecule has 1 aromatic heterocycles. The first-order valence-electron chi connectivity index (χ1n) is 8.39. The van der Waals surface area contributed by atoms with E-state index in [1.807, 2.05) is 23.6 Å². The van der Waals surface area contributed by atoms with Crippen molar-refractivity contribution in [2.24, 2.45) is 4.99 Å². The number of hydrogen-bond donors (Lipinski definition) is 2. The van der Waals surface area contributed by atoms with E-state index in [9.17, 15) is 0 Å². The smallest absolute Gasteiger partial charge is 0.191 e. The molecule has 0 amide bonds.